The lowest BCUT2D eigenvalue weighted by Crippen LogP contribution is -2.54. The number of Topliss-reactive ketones (excluding diaryl/α,β-unsaturated/α-hetero) is 1. The Morgan fingerprint density at radius 1 is 1.11 bits per heavy atom. The molecule has 2 amide bonds. The number of amides is 2. The molecule has 0 spiro atoms. The minimum Gasteiger partial charge on any atom is -0.438 e. The minimum atomic E-state index is -1.61. The lowest BCUT2D eigenvalue weighted by Gasteiger charge is -2.37. The van der Waals surface area contributed by atoms with E-state index in [0.717, 1.165) is 19.3 Å². The standard InChI is InChI=1S/C32H33N7O4S/c1-3-23(40)37-21-7-4-5-8-22(21)38-31(42)29-26-25-19(12-13-20(33)28(25)44-29)32(35,30(41)27(26)34)18-11-10-17(15-16(18)2)43-24-9-6-14-36-39-24/h3,6,9-15,21-22,27H,1,4-5,7-8,33-35H2,2H3,(H,37,40)(H,38,42)/t21-,22+,27?,32?/m0/s1. The number of nitrogens with two attached hydrogens (primary N) is 3. The van der Waals surface area contributed by atoms with E-state index in [9.17, 15) is 14.4 Å². The second kappa shape index (κ2) is 11.5. The van der Waals surface area contributed by atoms with Crippen LogP contribution >= 0.6 is 11.3 Å². The zero-order valence-electron chi connectivity index (χ0n) is 24.1. The lowest BCUT2D eigenvalue weighted by atomic mass is 9.69. The van der Waals surface area contributed by atoms with E-state index in [4.69, 9.17) is 21.9 Å². The summed E-state index contributed by atoms with van der Waals surface area (Å²) < 4.78 is 6.47. The Morgan fingerprint density at radius 3 is 2.52 bits per heavy atom. The second-order valence-electron chi connectivity index (χ2n) is 11.2. The summed E-state index contributed by atoms with van der Waals surface area (Å²) in [5.74, 6) is -0.268. The van der Waals surface area contributed by atoms with Crippen LogP contribution in [0.4, 0.5) is 5.69 Å². The molecule has 44 heavy (non-hydrogen) atoms. The van der Waals surface area contributed by atoms with Crippen LogP contribution in [0.2, 0.25) is 0 Å². The number of nitrogen functional groups attached to an aromatic ring is 1. The monoisotopic (exact) mass is 611 g/mol. The first kappa shape index (κ1) is 29.4. The Bertz CT molecular complexity index is 1810. The van der Waals surface area contributed by atoms with Crippen LogP contribution in [-0.4, -0.2) is 39.9 Å². The van der Waals surface area contributed by atoms with Gasteiger partial charge in [0.25, 0.3) is 5.91 Å². The van der Waals surface area contributed by atoms with Gasteiger partial charge in [-0.25, -0.2) is 0 Å². The van der Waals surface area contributed by atoms with Gasteiger partial charge in [-0.1, -0.05) is 31.6 Å². The maximum Gasteiger partial charge on any atom is 0.262 e. The summed E-state index contributed by atoms with van der Waals surface area (Å²) in [5.41, 5.74) is 21.2. The molecule has 6 rings (SSSR count). The Labute approximate surface area is 257 Å². The molecule has 12 heteroatoms. The highest BCUT2D eigenvalue weighted by atomic mass is 32.1. The topological polar surface area (TPSA) is 188 Å². The highest BCUT2D eigenvalue weighted by molar-refractivity contribution is 7.21. The predicted molar refractivity (Wildman–Crippen MR) is 168 cm³/mol. The van der Waals surface area contributed by atoms with E-state index in [1.807, 2.05) is 6.92 Å². The molecule has 8 N–H and O–H groups in total. The molecule has 2 aromatic carbocycles. The van der Waals surface area contributed by atoms with Gasteiger partial charge in [0, 0.05) is 41.0 Å². The van der Waals surface area contributed by atoms with Crippen LogP contribution in [0.1, 0.15) is 63.7 Å². The number of nitrogens with zero attached hydrogens (tertiary/aromatic N) is 2. The first-order valence-corrected chi connectivity index (χ1v) is 15.2. The zero-order chi connectivity index (χ0) is 31.2. The third-order valence-corrected chi connectivity index (χ3v) is 9.76. The summed E-state index contributed by atoms with van der Waals surface area (Å²) in [7, 11) is 0. The summed E-state index contributed by atoms with van der Waals surface area (Å²) in [6, 6.07) is 10.4. The van der Waals surface area contributed by atoms with Gasteiger partial charge in [-0.3, -0.25) is 14.4 Å². The molecule has 4 atom stereocenters. The Morgan fingerprint density at radius 2 is 1.84 bits per heavy atom. The molecular formula is C32H33N7O4S. The molecule has 2 aliphatic carbocycles. The number of ketones is 1. The Hall–Kier alpha value is -4.65. The molecule has 1 fully saturated rings. The normalized spacial score (nSPS) is 22.8. The van der Waals surface area contributed by atoms with Crippen molar-refractivity contribution in [3.63, 3.8) is 0 Å². The molecule has 1 saturated carbocycles. The molecule has 0 aliphatic heterocycles. The van der Waals surface area contributed by atoms with E-state index >= 15 is 0 Å². The maximum absolute atomic E-state index is 14.2. The number of anilines is 1. The summed E-state index contributed by atoms with van der Waals surface area (Å²) in [5, 5.41) is 14.4. The van der Waals surface area contributed by atoms with Crippen molar-refractivity contribution in [3.05, 3.63) is 88.4 Å². The molecule has 2 aromatic heterocycles. The van der Waals surface area contributed by atoms with Gasteiger partial charge in [0.2, 0.25) is 11.8 Å². The van der Waals surface area contributed by atoms with Crippen LogP contribution in [0.25, 0.3) is 10.1 Å². The van der Waals surface area contributed by atoms with Gasteiger partial charge in [0.15, 0.2) is 5.78 Å². The zero-order valence-corrected chi connectivity index (χ0v) is 24.9. The van der Waals surface area contributed by atoms with Crippen molar-refractivity contribution >= 4 is 44.7 Å². The lowest BCUT2D eigenvalue weighted by molar-refractivity contribution is -0.124. The molecule has 11 nitrogen and oxygen atoms in total. The molecule has 2 heterocycles. The SMILES string of the molecule is C=CC(=O)N[C@H]1CCCC[C@H]1NC(=O)c1sc2c(N)ccc3c2c1C(N)C(=O)C3(N)c1ccc(Oc2cccnn2)cc1C. The van der Waals surface area contributed by atoms with Crippen LogP contribution in [-0.2, 0) is 15.1 Å². The number of hydrogen-bond donors (Lipinski definition) is 5. The number of aryl methyl sites for hydroxylation is 1. The molecule has 2 aliphatic rings. The second-order valence-corrected chi connectivity index (χ2v) is 12.2. The fraction of sp³-hybridized carbons (Fsp3) is 0.281. The number of thiophene rings is 1. The average Bonchev–Trinajstić information content (AvgIpc) is 3.43. The van der Waals surface area contributed by atoms with Gasteiger partial charge in [-0.05, 0) is 66.8 Å². The average molecular weight is 612 g/mol. The fourth-order valence-electron chi connectivity index (χ4n) is 6.38. The molecule has 4 aromatic rings. The molecule has 0 bridgehead atoms. The van der Waals surface area contributed by atoms with Crippen LogP contribution < -0.4 is 32.6 Å². The number of carbonyl (C=O) groups is 3. The van der Waals surface area contributed by atoms with Gasteiger partial charge in [0.05, 0.1) is 15.6 Å². The van der Waals surface area contributed by atoms with E-state index in [0.29, 0.717) is 61.0 Å². The van der Waals surface area contributed by atoms with Crippen molar-refractivity contribution in [1.82, 2.24) is 20.8 Å². The van der Waals surface area contributed by atoms with Gasteiger partial charge < -0.3 is 32.6 Å². The van der Waals surface area contributed by atoms with E-state index in [-0.39, 0.29) is 23.9 Å². The Balaban J connectivity index is 1.40. The van der Waals surface area contributed by atoms with Gasteiger partial charge in [-0.15, -0.1) is 16.4 Å². The largest absolute Gasteiger partial charge is 0.438 e. The smallest absolute Gasteiger partial charge is 0.262 e. The van der Waals surface area contributed by atoms with E-state index in [1.54, 1.807) is 48.7 Å². The molecule has 2 unspecified atom stereocenters. The predicted octanol–water partition coefficient (Wildman–Crippen LogP) is 3.50. The molecule has 0 radical (unpaired) electrons. The van der Waals surface area contributed by atoms with E-state index in [2.05, 4.69) is 27.4 Å². The third kappa shape index (κ3) is 4.90. The van der Waals surface area contributed by atoms with Gasteiger partial charge in [0.1, 0.15) is 11.3 Å². The first-order chi connectivity index (χ1) is 21.1. The van der Waals surface area contributed by atoms with Gasteiger partial charge >= 0.3 is 0 Å². The van der Waals surface area contributed by atoms with Crippen LogP contribution in [0.3, 0.4) is 0 Å². The van der Waals surface area contributed by atoms with Crippen molar-refractivity contribution in [2.75, 3.05) is 5.73 Å². The van der Waals surface area contributed by atoms with E-state index in [1.165, 1.54) is 17.4 Å². The number of rotatable bonds is 7. The third-order valence-electron chi connectivity index (χ3n) is 8.51. The molecule has 226 valence electrons. The van der Waals surface area contributed by atoms with Crippen LogP contribution in [0.15, 0.2) is 61.3 Å². The minimum absolute atomic E-state index is 0.236. The van der Waals surface area contributed by atoms with Crippen molar-refractivity contribution < 1.29 is 19.1 Å². The van der Waals surface area contributed by atoms with Crippen molar-refractivity contribution in [2.24, 2.45) is 11.5 Å². The van der Waals surface area contributed by atoms with E-state index < -0.39 is 17.4 Å². The highest BCUT2D eigenvalue weighted by Crippen LogP contribution is 2.50. The van der Waals surface area contributed by atoms with Crippen LogP contribution in [0, 0.1) is 6.92 Å². The number of aromatic nitrogens is 2. The number of benzene rings is 2. The number of nitrogens with one attached hydrogen (secondary N) is 2. The summed E-state index contributed by atoms with van der Waals surface area (Å²) in [6.07, 6.45) is 6.06. The number of carbonyl (C=O) groups excluding carboxylic acids is 3. The summed E-state index contributed by atoms with van der Waals surface area (Å²) in [4.78, 5) is 40.4. The van der Waals surface area contributed by atoms with Crippen molar-refractivity contribution in [3.8, 4) is 11.6 Å². The highest BCUT2D eigenvalue weighted by Gasteiger charge is 2.49. The molecule has 0 saturated heterocycles. The van der Waals surface area contributed by atoms with Crippen molar-refractivity contribution in [2.45, 2.75) is 56.3 Å². The summed E-state index contributed by atoms with van der Waals surface area (Å²) >= 11 is 1.19. The quantitative estimate of drug-likeness (QED) is 0.154. The maximum atomic E-state index is 14.2. The Kier molecular flexibility index (Phi) is 7.66. The first-order valence-electron chi connectivity index (χ1n) is 14.4. The fourth-order valence-corrected chi connectivity index (χ4v) is 7.59. The van der Waals surface area contributed by atoms with Crippen molar-refractivity contribution in [1.29, 1.82) is 0 Å². The van der Waals surface area contributed by atoms with Gasteiger partial charge in [-0.2, -0.15) is 5.10 Å². The molecular weight excluding hydrogens is 578 g/mol. The number of ether oxygens (including phenoxy) is 1. The number of hydrogen-bond acceptors (Lipinski definition) is 10. The summed E-state index contributed by atoms with van der Waals surface area (Å²) in [6.45, 7) is 5.37. The van der Waals surface area contributed by atoms with Crippen LogP contribution in [0.5, 0.6) is 11.6 Å².